The molecule has 1 heterocycles. The first-order chi connectivity index (χ1) is 6.16. The van der Waals surface area contributed by atoms with Crippen LogP contribution >= 0.6 is 0 Å². The van der Waals surface area contributed by atoms with E-state index in [4.69, 9.17) is 4.84 Å². The molecule has 78 valence electrons. The SMILES string of the molecule is CCON1CCCN(C)C1N(C)C. The predicted molar refractivity (Wildman–Crippen MR) is 53.1 cm³/mol. The number of hydrogen-bond donors (Lipinski definition) is 0. The number of hydrogen-bond acceptors (Lipinski definition) is 4. The van der Waals surface area contributed by atoms with Gasteiger partial charge in [0.05, 0.1) is 6.61 Å². The van der Waals surface area contributed by atoms with Gasteiger partial charge in [0, 0.05) is 13.1 Å². The number of rotatable bonds is 3. The summed E-state index contributed by atoms with van der Waals surface area (Å²) in [6.45, 7) is 4.95. The predicted octanol–water partition coefficient (Wildman–Crippen LogP) is 0.421. The molecule has 1 rings (SSSR count). The quantitative estimate of drug-likeness (QED) is 0.637. The molecular weight excluding hydrogens is 166 g/mol. The van der Waals surface area contributed by atoms with E-state index in [1.54, 1.807) is 0 Å². The van der Waals surface area contributed by atoms with Crippen LogP contribution in [0.15, 0.2) is 0 Å². The van der Waals surface area contributed by atoms with Gasteiger partial charge in [0.2, 0.25) is 0 Å². The first-order valence-corrected chi connectivity index (χ1v) is 4.93. The van der Waals surface area contributed by atoms with Crippen molar-refractivity contribution >= 4 is 0 Å². The van der Waals surface area contributed by atoms with Crippen LogP contribution in [-0.2, 0) is 4.84 Å². The maximum absolute atomic E-state index is 5.58. The normalized spacial score (nSPS) is 27.0. The third-order valence-corrected chi connectivity index (χ3v) is 2.30. The molecule has 1 saturated heterocycles. The minimum absolute atomic E-state index is 0.286. The number of nitrogens with zero attached hydrogens (tertiary/aromatic N) is 3. The van der Waals surface area contributed by atoms with Crippen LogP contribution in [0.4, 0.5) is 0 Å². The molecule has 0 spiro atoms. The summed E-state index contributed by atoms with van der Waals surface area (Å²) >= 11 is 0. The van der Waals surface area contributed by atoms with E-state index >= 15 is 0 Å². The van der Waals surface area contributed by atoms with Crippen LogP contribution in [0, 0.1) is 0 Å². The molecule has 13 heavy (non-hydrogen) atoms. The molecule has 0 aromatic heterocycles. The Balaban J connectivity index is 2.57. The molecule has 4 heteroatoms. The van der Waals surface area contributed by atoms with Crippen LogP contribution in [0.5, 0.6) is 0 Å². The Morgan fingerprint density at radius 3 is 2.62 bits per heavy atom. The van der Waals surface area contributed by atoms with E-state index < -0.39 is 0 Å². The molecule has 1 aliphatic rings. The summed E-state index contributed by atoms with van der Waals surface area (Å²) in [6, 6.07) is 0. The Morgan fingerprint density at radius 1 is 1.38 bits per heavy atom. The fourth-order valence-electron chi connectivity index (χ4n) is 1.88. The molecule has 1 atom stereocenters. The molecular formula is C9H21N3O. The van der Waals surface area contributed by atoms with Crippen LogP contribution in [0.3, 0.4) is 0 Å². The van der Waals surface area contributed by atoms with Crippen LogP contribution in [0.1, 0.15) is 13.3 Å². The van der Waals surface area contributed by atoms with Gasteiger partial charge in [-0.3, -0.25) is 14.6 Å². The van der Waals surface area contributed by atoms with Crippen molar-refractivity contribution in [1.29, 1.82) is 0 Å². The van der Waals surface area contributed by atoms with Crippen molar-refractivity contribution in [3.8, 4) is 0 Å². The van der Waals surface area contributed by atoms with Crippen molar-refractivity contribution in [2.24, 2.45) is 0 Å². The second-order valence-corrected chi connectivity index (χ2v) is 3.70. The van der Waals surface area contributed by atoms with Gasteiger partial charge in [-0.15, -0.1) is 0 Å². The third-order valence-electron chi connectivity index (χ3n) is 2.30. The van der Waals surface area contributed by atoms with E-state index in [2.05, 4.69) is 36.0 Å². The van der Waals surface area contributed by atoms with Gasteiger partial charge in [-0.1, -0.05) is 0 Å². The Kier molecular flexibility index (Phi) is 4.12. The second kappa shape index (κ2) is 4.91. The first kappa shape index (κ1) is 10.9. The highest BCUT2D eigenvalue weighted by Crippen LogP contribution is 2.14. The Morgan fingerprint density at radius 2 is 2.08 bits per heavy atom. The molecule has 0 radical (unpaired) electrons. The topological polar surface area (TPSA) is 19.0 Å². The monoisotopic (exact) mass is 187 g/mol. The van der Waals surface area contributed by atoms with Gasteiger partial charge in [0.1, 0.15) is 6.29 Å². The lowest BCUT2D eigenvalue weighted by molar-refractivity contribution is -0.261. The summed E-state index contributed by atoms with van der Waals surface area (Å²) in [5.41, 5.74) is 0. The van der Waals surface area contributed by atoms with Crippen LogP contribution in [0.25, 0.3) is 0 Å². The zero-order valence-corrected chi connectivity index (χ0v) is 9.16. The minimum Gasteiger partial charge on any atom is -0.296 e. The van der Waals surface area contributed by atoms with E-state index in [0.29, 0.717) is 0 Å². The lowest BCUT2D eigenvalue weighted by atomic mass is 10.3. The van der Waals surface area contributed by atoms with Crippen molar-refractivity contribution in [3.63, 3.8) is 0 Å². The highest BCUT2D eigenvalue weighted by Gasteiger charge is 2.28. The summed E-state index contributed by atoms with van der Waals surface area (Å²) < 4.78 is 0. The summed E-state index contributed by atoms with van der Waals surface area (Å²) in [5.74, 6) is 0. The fourth-order valence-corrected chi connectivity index (χ4v) is 1.88. The van der Waals surface area contributed by atoms with Crippen LogP contribution in [0.2, 0.25) is 0 Å². The number of hydroxylamine groups is 2. The molecule has 0 aromatic carbocycles. The Hall–Kier alpha value is -0.160. The molecule has 1 aliphatic heterocycles. The molecule has 0 amide bonds. The highest BCUT2D eigenvalue weighted by atomic mass is 16.7. The van der Waals surface area contributed by atoms with Crippen LogP contribution < -0.4 is 0 Å². The lowest BCUT2D eigenvalue weighted by Gasteiger charge is -2.44. The minimum atomic E-state index is 0.286. The summed E-state index contributed by atoms with van der Waals surface area (Å²) in [4.78, 5) is 10.1. The first-order valence-electron chi connectivity index (χ1n) is 4.93. The molecule has 1 unspecified atom stereocenters. The van der Waals surface area contributed by atoms with Crippen molar-refractivity contribution in [3.05, 3.63) is 0 Å². The highest BCUT2D eigenvalue weighted by molar-refractivity contribution is 4.69. The second-order valence-electron chi connectivity index (χ2n) is 3.70. The molecule has 0 saturated carbocycles. The van der Waals surface area contributed by atoms with Gasteiger partial charge < -0.3 is 0 Å². The maximum Gasteiger partial charge on any atom is 0.141 e. The van der Waals surface area contributed by atoms with Gasteiger partial charge >= 0.3 is 0 Å². The standard InChI is InChI=1S/C9H21N3O/c1-5-13-12-8-6-7-11(4)9(12)10(2)3/h9H,5-8H2,1-4H3. The van der Waals surface area contributed by atoms with E-state index in [1.165, 1.54) is 6.42 Å². The van der Waals surface area contributed by atoms with Gasteiger partial charge in [-0.2, -0.15) is 5.06 Å². The van der Waals surface area contributed by atoms with E-state index in [-0.39, 0.29) is 6.29 Å². The van der Waals surface area contributed by atoms with E-state index in [9.17, 15) is 0 Å². The molecule has 4 nitrogen and oxygen atoms in total. The van der Waals surface area contributed by atoms with Crippen molar-refractivity contribution in [2.75, 3.05) is 40.8 Å². The van der Waals surface area contributed by atoms with Crippen molar-refractivity contribution < 1.29 is 4.84 Å². The summed E-state index contributed by atoms with van der Waals surface area (Å²) in [6.07, 6.45) is 1.47. The Labute approximate surface area is 81.0 Å². The molecule has 0 bridgehead atoms. The zero-order chi connectivity index (χ0) is 9.84. The fraction of sp³-hybridized carbons (Fsp3) is 1.00. The van der Waals surface area contributed by atoms with E-state index in [0.717, 1.165) is 19.7 Å². The molecule has 1 fully saturated rings. The van der Waals surface area contributed by atoms with Crippen LogP contribution in [-0.4, -0.2) is 62.0 Å². The summed E-state index contributed by atoms with van der Waals surface area (Å²) in [7, 11) is 6.30. The van der Waals surface area contributed by atoms with Gasteiger partial charge in [-0.25, -0.2) is 0 Å². The maximum atomic E-state index is 5.58. The smallest absolute Gasteiger partial charge is 0.141 e. The van der Waals surface area contributed by atoms with Gasteiger partial charge in [-0.05, 0) is 34.5 Å². The Bertz CT molecular complexity index is 150. The van der Waals surface area contributed by atoms with Crippen molar-refractivity contribution in [2.45, 2.75) is 19.6 Å². The average molecular weight is 187 g/mol. The van der Waals surface area contributed by atoms with Gasteiger partial charge in [0.25, 0.3) is 0 Å². The average Bonchev–Trinajstić information content (AvgIpc) is 2.04. The molecule has 0 aromatic rings. The zero-order valence-electron chi connectivity index (χ0n) is 9.16. The largest absolute Gasteiger partial charge is 0.296 e. The van der Waals surface area contributed by atoms with Gasteiger partial charge in [0.15, 0.2) is 0 Å². The summed E-state index contributed by atoms with van der Waals surface area (Å²) in [5, 5.41) is 2.06. The van der Waals surface area contributed by atoms with E-state index in [1.807, 2.05) is 6.92 Å². The van der Waals surface area contributed by atoms with Crippen molar-refractivity contribution in [1.82, 2.24) is 14.9 Å². The lowest BCUT2D eigenvalue weighted by Crippen LogP contribution is -2.58. The third kappa shape index (κ3) is 2.64. The molecule has 0 aliphatic carbocycles. The molecule has 0 N–H and O–H groups in total.